The standard InChI is InChI=1S/C27H25NO4/c29-26(30)15-17-12-13-18-6-5-11-25(23(18)14-17)28-27(31)32-16-24-21-9-3-1-7-19(21)20-8-2-4-10-22(20)24/h1-4,7-10,12-14,24-25H,5-6,11,15-16H2,(H,28,31)(H,29,30)/t25-/m0/s1. The van der Waals surface area contributed by atoms with Crippen LogP contribution in [-0.4, -0.2) is 23.8 Å². The van der Waals surface area contributed by atoms with Gasteiger partial charge < -0.3 is 15.2 Å². The number of carbonyl (C=O) groups is 2. The summed E-state index contributed by atoms with van der Waals surface area (Å²) in [5, 5.41) is 12.1. The molecule has 5 nitrogen and oxygen atoms in total. The average molecular weight is 428 g/mol. The Kier molecular flexibility index (Phi) is 5.39. The molecule has 3 aromatic rings. The number of hydrogen-bond acceptors (Lipinski definition) is 3. The number of aryl methyl sites for hydroxylation is 1. The van der Waals surface area contributed by atoms with Crippen LogP contribution in [0.1, 0.15) is 52.6 Å². The van der Waals surface area contributed by atoms with Crippen LogP contribution in [0.2, 0.25) is 0 Å². The fourth-order valence-corrected chi connectivity index (χ4v) is 5.07. The number of benzene rings is 3. The number of carboxylic acids is 1. The Labute approximate surface area is 187 Å². The van der Waals surface area contributed by atoms with Gasteiger partial charge in [-0.3, -0.25) is 4.79 Å². The number of ether oxygens (including phenoxy) is 1. The summed E-state index contributed by atoms with van der Waals surface area (Å²) in [6, 6.07) is 22.1. The highest BCUT2D eigenvalue weighted by molar-refractivity contribution is 5.79. The molecule has 0 radical (unpaired) electrons. The highest BCUT2D eigenvalue weighted by Crippen LogP contribution is 2.44. The molecule has 162 valence electrons. The summed E-state index contributed by atoms with van der Waals surface area (Å²) in [5.41, 5.74) is 7.68. The molecule has 0 bridgehead atoms. The van der Waals surface area contributed by atoms with Gasteiger partial charge in [-0.1, -0.05) is 66.7 Å². The Balaban J connectivity index is 1.29. The van der Waals surface area contributed by atoms with Gasteiger partial charge in [-0.25, -0.2) is 4.79 Å². The second kappa shape index (κ2) is 8.50. The van der Waals surface area contributed by atoms with Crippen LogP contribution in [0.3, 0.4) is 0 Å². The quantitative estimate of drug-likeness (QED) is 0.585. The van der Waals surface area contributed by atoms with E-state index in [0.29, 0.717) is 0 Å². The summed E-state index contributed by atoms with van der Waals surface area (Å²) >= 11 is 0. The largest absolute Gasteiger partial charge is 0.481 e. The molecule has 0 aliphatic heterocycles. The molecule has 2 N–H and O–H groups in total. The third kappa shape index (κ3) is 3.86. The molecule has 2 aliphatic carbocycles. The molecule has 0 aromatic heterocycles. The summed E-state index contributed by atoms with van der Waals surface area (Å²) < 4.78 is 5.71. The summed E-state index contributed by atoms with van der Waals surface area (Å²) in [4.78, 5) is 23.8. The van der Waals surface area contributed by atoms with Crippen LogP contribution in [-0.2, 0) is 22.4 Å². The summed E-state index contributed by atoms with van der Waals surface area (Å²) in [6.07, 6.45) is 2.26. The van der Waals surface area contributed by atoms with Crippen molar-refractivity contribution < 1.29 is 19.4 Å². The first-order valence-electron chi connectivity index (χ1n) is 11.0. The van der Waals surface area contributed by atoms with Gasteiger partial charge in [0.2, 0.25) is 0 Å². The number of nitrogens with one attached hydrogen (secondary N) is 1. The Hall–Kier alpha value is -3.60. The Morgan fingerprint density at radius 1 is 0.938 bits per heavy atom. The molecule has 0 saturated heterocycles. The minimum Gasteiger partial charge on any atom is -0.481 e. The van der Waals surface area contributed by atoms with E-state index < -0.39 is 12.1 Å². The second-order valence-electron chi connectivity index (χ2n) is 8.52. The SMILES string of the molecule is O=C(O)Cc1ccc2c(c1)[C@@H](NC(=O)OCC1c3ccccc3-c3ccccc31)CCC2. The van der Waals surface area contributed by atoms with Crippen LogP contribution in [0.5, 0.6) is 0 Å². The minimum atomic E-state index is -0.859. The van der Waals surface area contributed by atoms with Crippen LogP contribution in [0.4, 0.5) is 4.79 Å². The molecule has 32 heavy (non-hydrogen) atoms. The van der Waals surface area contributed by atoms with Crippen molar-refractivity contribution in [3.05, 3.63) is 94.5 Å². The molecular weight excluding hydrogens is 402 g/mol. The van der Waals surface area contributed by atoms with Crippen molar-refractivity contribution >= 4 is 12.1 Å². The number of aliphatic carboxylic acids is 1. The van der Waals surface area contributed by atoms with E-state index in [1.54, 1.807) is 0 Å². The first-order valence-corrected chi connectivity index (χ1v) is 11.0. The van der Waals surface area contributed by atoms with Gasteiger partial charge in [0, 0.05) is 5.92 Å². The monoisotopic (exact) mass is 427 g/mol. The zero-order valence-electron chi connectivity index (χ0n) is 17.7. The molecule has 5 rings (SSSR count). The van der Waals surface area contributed by atoms with Crippen LogP contribution >= 0.6 is 0 Å². The normalized spacial score (nSPS) is 16.6. The van der Waals surface area contributed by atoms with E-state index in [9.17, 15) is 9.59 Å². The molecule has 0 spiro atoms. The van der Waals surface area contributed by atoms with Crippen molar-refractivity contribution in [1.29, 1.82) is 0 Å². The van der Waals surface area contributed by atoms with Gasteiger partial charge in [0.1, 0.15) is 6.61 Å². The van der Waals surface area contributed by atoms with Crippen LogP contribution in [0.15, 0.2) is 66.7 Å². The topological polar surface area (TPSA) is 75.6 Å². The number of carbonyl (C=O) groups excluding carboxylic acids is 1. The fraction of sp³-hybridized carbons (Fsp3) is 0.259. The molecule has 0 heterocycles. The third-order valence-electron chi connectivity index (χ3n) is 6.52. The number of carboxylic acid groups (broad SMARTS) is 1. The van der Waals surface area contributed by atoms with Gasteiger partial charge in [0.15, 0.2) is 0 Å². The number of alkyl carbamates (subject to hydrolysis) is 1. The van der Waals surface area contributed by atoms with E-state index in [1.165, 1.54) is 22.3 Å². The van der Waals surface area contributed by atoms with Gasteiger partial charge in [-0.2, -0.15) is 0 Å². The lowest BCUT2D eigenvalue weighted by Gasteiger charge is -2.27. The van der Waals surface area contributed by atoms with Crippen molar-refractivity contribution in [3.63, 3.8) is 0 Å². The van der Waals surface area contributed by atoms with Gasteiger partial charge in [-0.05, 0) is 58.2 Å². The Bertz CT molecular complexity index is 1140. The first-order chi connectivity index (χ1) is 15.6. The first kappa shape index (κ1) is 20.3. The average Bonchev–Trinajstić information content (AvgIpc) is 3.11. The molecule has 0 saturated carbocycles. The Morgan fingerprint density at radius 3 is 2.31 bits per heavy atom. The predicted octanol–water partition coefficient (Wildman–Crippen LogP) is 5.23. The van der Waals surface area contributed by atoms with E-state index in [1.807, 2.05) is 42.5 Å². The van der Waals surface area contributed by atoms with Gasteiger partial charge in [0.05, 0.1) is 12.5 Å². The van der Waals surface area contributed by atoms with E-state index in [2.05, 4.69) is 29.6 Å². The van der Waals surface area contributed by atoms with Crippen LogP contribution in [0, 0.1) is 0 Å². The van der Waals surface area contributed by atoms with Gasteiger partial charge >= 0.3 is 12.1 Å². The van der Waals surface area contributed by atoms with Crippen molar-refractivity contribution in [2.24, 2.45) is 0 Å². The predicted molar refractivity (Wildman–Crippen MR) is 122 cm³/mol. The molecule has 0 fully saturated rings. The van der Waals surface area contributed by atoms with E-state index >= 15 is 0 Å². The molecule has 5 heteroatoms. The van der Waals surface area contributed by atoms with Crippen molar-refractivity contribution in [2.75, 3.05) is 6.61 Å². The maximum absolute atomic E-state index is 12.7. The summed E-state index contributed by atoms with van der Waals surface area (Å²) in [7, 11) is 0. The number of amides is 1. The zero-order chi connectivity index (χ0) is 22.1. The van der Waals surface area contributed by atoms with Crippen molar-refractivity contribution in [3.8, 4) is 11.1 Å². The maximum atomic E-state index is 12.7. The minimum absolute atomic E-state index is 0.0222. The highest BCUT2D eigenvalue weighted by Gasteiger charge is 2.30. The lowest BCUT2D eigenvalue weighted by atomic mass is 9.86. The molecule has 3 aromatic carbocycles. The molecular formula is C27H25NO4. The van der Waals surface area contributed by atoms with E-state index in [0.717, 1.165) is 36.0 Å². The summed E-state index contributed by atoms with van der Waals surface area (Å²) in [6.45, 7) is 0.276. The van der Waals surface area contributed by atoms with Crippen molar-refractivity contribution in [1.82, 2.24) is 5.32 Å². The number of fused-ring (bicyclic) bond motifs is 4. The number of hydrogen-bond donors (Lipinski definition) is 2. The molecule has 1 amide bonds. The van der Waals surface area contributed by atoms with E-state index in [4.69, 9.17) is 9.84 Å². The lowest BCUT2D eigenvalue weighted by molar-refractivity contribution is -0.136. The van der Waals surface area contributed by atoms with Crippen LogP contribution < -0.4 is 5.32 Å². The van der Waals surface area contributed by atoms with Crippen LogP contribution in [0.25, 0.3) is 11.1 Å². The second-order valence-corrected chi connectivity index (χ2v) is 8.52. The third-order valence-corrected chi connectivity index (χ3v) is 6.52. The fourth-order valence-electron chi connectivity index (χ4n) is 5.07. The Morgan fingerprint density at radius 2 is 1.62 bits per heavy atom. The smallest absolute Gasteiger partial charge is 0.407 e. The van der Waals surface area contributed by atoms with E-state index in [-0.39, 0.29) is 25.0 Å². The van der Waals surface area contributed by atoms with Gasteiger partial charge in [-0.15, -0.1) is 0 Å². The van der Waals surface area contributed by atoms with Gasteiger partial charge in [0.25, 0.3) is 0 Å². The molecule has 0 unspecified atom stereocenters. The molecule has 1 atom stereocenters. The highest BCUT2D eigenvalue weighted by atomic mass is 16.5. The number of rotatable bonds is 5. The van der Waals surface area contributed by atoms with Crippen molar-refractivity contribution in [2.45, 2.75) is 37.6 Å². The maximum Gasteiger partial charge on any atom is 0.407 e. The zero-order valence-corrected chi connectivity index (χ0v) is 17.7. The molecule has 2 aliphatic rings. The summed E-state index contributed by atoms with van der Waals surface area (Å²) in [5.74, 6) is -0.837. The lowest BCUT2D eigenvalue weighted by Crippen LogP contribution is -2.32.